The van der Waals surface area contributed by atoms with E-state index in [1.807, 2.05) is 0 Å². The van der Waals surface area contributed by atoms with Crippen LogP contribution in [0.3, 0.4) is 0 Å². The number of ketones is 2. The monoisotopic (exact) mass is 360 g/mol. The van der Waals surface area contributed by atoms with Crippen molar-refractivity contribution in [1.82, 2.24) is 0 Å². The molecule has 0 bridgehead atoms. The molecule has 0 atom stereocenters. The highest BCUT2D eigenvalue weighted by Gasteiger charge is 2.38. The zero-order valence-electron chi connectivity index (χ0n) is 16.5. The lowest BCUT2D eigenvalue weighted by Crippen LogP contribution is -2.38. The number of carboxylic acids is 1. The van der Waals surface area contributed by atoms with Gasteiger partial charge in [-0.2, -0.15) is 0 Å². The summed E-state index contributed by atoms with van der Waals surface area (Å²) in [6.45, 7) is 12.5. The number of carbonyl (C=O) groups is 4. The van der Waals surface area contributed by atoms with E-state index >= 15 is 0 Å². The summed E-state index contributed by atoms with van der Waals surface area (Å²) in [4.78, 5) is 44.8. The van der Waals surface area contributed by atoms with Gasteiger partial charge in [0.1, 0.15) is 17.4 Å². The van der Waals surface area contributed by atoms with Crippen LogP contribution in [0.15, 0.2) is 0 Å². The summed E-state index contributed by atoms with van der Waals surface area (Å²) in [5.41, 5.74) is -2.36. The maximum absolute atomic E-state index is 11.6. The molecule has 0 aromatic carbocycles. The minimum atomic E-state index is -1.24. The molecule has 0 rings (SSSR count). The second kappa shape index (κ2) is 10.3. The molecule has 0 heterocycles. The summed E-state index contributed by atoms with van der Waals surface area (Å²) in [7, 11) is 0. The highest BCUT2D eigenvalue weighted by molar-refractivity contribution is 6.04. The number of hydrogen-bond acceptors (Lipinski definition) is 6. The van der Waals surface area contributed by atoms with Gasteiger partial charge in [-0.25, -0.2) is 0 Å². The molecule has 7 nitrogen and oxygen atoms in total. The zero-order valence-corrected chi connectivity index (χ0v) is 16.5. The molecule has 0 aromatic rings. The number of carboxylic acid groups (broad SMARTS) is 1. The van der Waals surface area contributed by atoms with Gasteiger partial charge in [0, 0.05) is 11.8 Å². The van der Waals surface area contributed by atoms with Gasteiger partial charge >= 0.3 is 11.9 Å². The lowest BCUT2D eigenvalue weighted by Gasteiger charge is -2.22. The summed E-state index contributed by atoms with van der Waals surface area (Å²) < 4.78 is 4.72. The summed E-state index contributed by atoms with van der Waals surface area (Å²) in [6, 6.07) is 0. The van der Waals surface area contributed by atoms with Gasteiger partial charge in [-0.15, -0.1) is 0 Å². The summed E-state index contributed by atoms with van der Waals surface area (Å²) in [5, 5.41) is 17.1. The van der Waals surface area contributed by atoms with Crippen molar-refractivity contribution in [2.75, 3.05) is 13.2 Å². The van der Waals surface area contributed by atoms with Crippen molar-refractivity contribution in [2.24, 2.45) is 22.7 Å². The number of ether oxygens (including phenoxy) is 1. The fourth-order valence-corrected chi connectivity index (χ4v) is 1.97. The molecule has 0 fully saturated rings. The molecule has 0 saturated heterocycles. The standard InChI is InChI=1S/C10H18O4.C8H14O3/c1-7(2)8(12)10(3,4)9(13)14-6-5-11;1-5(2)6(9)8(3,4)7(10)11/h7,11H,5-6H2,1-4H3;5H,1-4H3,(H,10,11). The Labute approximate surface area is 149 Å². The van der Waals surface area contributed by atoms with E-state index in [4.69, 9.17) is 14.9 Å². The summed E-state index contributed by atoms with van der Waals surface area (Å²) >= 11 is 0. The van der Waals surface area contributed by atoms with Crippen LogP contribution in [0.1, 0.15) is 55.4 Å². The zero-order chi connectivity index (χ0) is 20.6. The first-order chi connectivity index (χ1) is 11.1. The SMILES string of the molecule is CC(C)C(=O)C(C)(C)C(=O)O.CC(C)C(=O)C(C)(C)C(=O)OCCO. The number of aliphatic hydroxyl groups is 1. The highest BCUT2D eigenvalue weighted by Crippen LogP contribution is 2.23. The van der Waals surface area contributed by atoms with E-state index in [9.17, 15) is 19.2 Å². The number of rotatable bonds is 8. The number of carbonyl (C=O) groups excluding carboxylic acids is 3. The van der Waals surface area contributed by atoms with Crippen molar-refractivity contribution in [2.45, 2.75) is 55.4 Å². The fraction of sp³-hybridized carbons (Fsp3) is 0.778. The normalized spacial score (nSPS) is 11.6. The van der Waals surface area contributed by atoms with Gasteiger partial charge in [-0.3, -0.25) is 19.2 Å². The lowest BCUT2D eigenvalue weighted by molar-refractivity contribution is -0.160. The average Bonchev–Trinajstić information content (AvgIpc) is 2.50. The average molecular weight is 360 g/mol. The number of aliphatic carboxylic acids is 1. The van der Waals surface area contributed by atoms with Crippen LogP contribution in [0.4, 0.5) is 0 Å². The molecule has 7 heteroatoms. The Bertz CT molecular complexity index is 488. The van der Waals surface area contributed by atoms with E-state index < -0.39 is 22.8 Å². The van der Waals surface area contributed by atoms with Gasteiger partial charge in [-0.1, -0.05) is 27.7 Å². The Balaban J connectivity index is 0. The molecule has 0 spiro atoms. The third-order valence-corrected chi connectivity index (χ3v) is 3.65. The molecule has 0 saturated carbocycles. The Hall–Kier alpha value is -1.76. The lowest BCUT2D eigenvalue weighted by atomic mass is 9.82. The first-order valence-corrected chi connectivity index (χ1v) is 8.24. The van der Waals surface area contributed by atoms with Crippen molar-refractivity contribution >= 4 is 23.5 Å². The van der Waals surface area contributed by atoms with Crippen LogP contribution >= 0.6 is 0 Å². The first kappa shape index (κ1) is 25.5. The largest absolute Gasteiger partial charge is 0.481 e. The number of Topliss-reactive ketones (excluding diaryl/α,β-unsaturated/α-hetero) is 2. The minimum absolute atomic E-state index is 0.0619. The van der Waals surface area contributed by atoms with Gasteiger partial charge in [0.25, 0.3) is 0 Å². The second-order valence-corrected chi connectivity index (χ2v) is 7.45. The third-order valence-electron chi connectivity index (χ3n) is 3.65. The van der Waals surface area contributed by atoms with E-state index in [1.165, 1.54) is 27.7 Å². The van der Waals surface area contributed by atoms with E-state index in [-0.39, 0.29) is 36.6 Å². The van der Waals surface area contributed by atoms with E-state index in [0.717, 1.165) is 0 Å². The van der Waals surface area contributed by atoms with Crippen molar-refractivity contribution < 1.29 is 34.1 Å². The molecule has 0 aliphatic carbocycles. The van der Waals surface area contributed by atoms with Crippen LogP contribution in [-0.2, 0) is 23.9 Å². The van der Waals surface area contributed by atoms with E-state index in [0.29, 0.717) is 0 Å². The fourth-order valence-electron chi connectivity index (χ4n) is 1.97. The van der Waals surface area contributed by atoms with E-state index in [1.54, 1.807) is 27.7 Å². The predicted molar refractivity (Wildman–Crippen MR) is 92.9 cm³/mol. The van der Waals surface area contributed by atoms with Crippen LogP contribution in [0.25, 0.3) is 0 Å². The molecular weight excluding hydrogens is 328 g/mol. The van der Waals surface area contributed by atoms with Crippen LogP contribution < -0.4 is 0 Å². The summed E-state index contributed by atoms with van der Waals surface area (Å²) in [6.07, 6.45) is 0. The number of aliphatic hydroxyl groups excluding tert-OH is 1. The van der Waals surface area contributed by atoms with Crippen molar-refractivity contribution in [3.8, 4) is 0 Å². The molecule has 0 amide bonds. The topological polar surface area (TPSA) is 118 Å². The first-order valence-electron chi connectivity index (χ1n) is 8.24. The molecule has 0 aliphatic heterocycles. The van der Waals surface area contributed by atoms with Gasteiger partial charge < -0.3 is 14.9 Å². The molecule has 0 aromatic heterocycles. The predicted octanol–water partition coefficient (Wildman–Crippen LogP) is 2.10. The van der Waals surface area contributed by atoms with Gasteiger partial charge in [0.2, 0.25) is 0 Å². The smallest absolute Gasteiger partial charge is 0.319 e. The molecule has 25 heavy (non-hydrogen) atoms. The van der Waals surface area contributed by atoms with Gasteiger partial charge in [0.05, 0.1) is 6.61 Å². The molecular formula is C18H32O7. The molecule has 0 aliphatic rings. The van der Waals surface area contributed by atoms with E-state index in [2.05, 4.69) is 0 Å². The van der Waals surface area contributed by atoms with Crippen molar-refractivity contribution in [3.63, 3.8) is 0 Å². The maximum Gasteiger partial charge on any atom is 0.319 e. The molecule has 146 valence electrons. The highest BCUT2D eigenvalue weighted by atomic mass is 16.5. The van der Waals surface area contributed by atoms with Crippen molar-refractivity contribution in [3.05, 3.63) is 0 Å². The molecule has 2 N–H and O–H groups in total. The Morgan fingerprint density at radius 3 is 1.44 bits per heavy atom. The van der Waals surface area contributed by atoms with Gasteiger partial charge in [0.15, 0.2) is 11.6 Å². The molecule has 0 radical (unpaired) electrons. The van der Waals surface area contributed by atoms with Gasteiger partial charge in [-0.05, 0) is 27.7 Å². The quantitative estimate of drug-likeness (QED) is 0.502. The maximum atomic E-state index is 11.6. The Morgan fingerprint density at radius 1 is 0.840 bits per heavy atom. The number of hydrogen-bond donors (Lipinski definition) is 2. The minimum Gasteiger partial charge on any atom is -0.481 e. The second-order valence-electron chi connectivity index (χ2n) is 7.45. The summed E-state index contributed by atoms with van der Waals surface area (Å²) in [5.74, 6) is -2.44. The third kappa shape index (κ3) is 7.77. The molecule has 0 unspecified atom stereocenters. The van der Waals surface area contributed by atoms with Crippen molar-refractivity contribution in [1.29, 1.82) is 0 Å². The Morgan fingerprint density at radius 2 is 1.20 bits per heavy atom. The number of esters is 1. The van der Waals surface area contributed by atoms with Crippen LogP contribution in [0.2, 0.25) is 0 Å². The van der Waals surface area contributed by atoms with Crippen LogP contribution in [-0.4, -0.2) is 46.9 Å². The van der Waals surface area contributed by atoms with Crippen LogP contribution in [0, 0.1) is 22.7 Å². The Kier molecular flexibility index (Phi) is 10.5. The van der Waals surface area contributed by atoms with Crippen LogP contribution in [0.5, 0.6) is 0 Å².